The number of rotatable bonds is 6. The van der Waals surface area contributed by atoms with Gasteiger partial charge < -0.3 is 15.0 Å². The molecule has 1 rings (SSSR count). The molecule has 1 N–H and O–H groups in total. The second-order valence-electron chi connectivity index (χ2n) is 3.76. The van der Waals surface area contributed by atoms with E-state index in [9.17, 15) is 4.79 Å². The molecular formula is C12H19N3O2. The first-order valence-corrected chi connectivity index (χ1v) is 5.67. The number of carbonyl (C=O) groups excluding carboxylic acids is 1. The monoisotopic (exact) mass is 237 g/mol. The summed E-state index contributed by atoms with van der Waals surface area (Å²) in [6.45, 7) is 3.08. The minimum atomic E-state index is 0.0958. The molecule has 0 unspecified atom stereocenters. The highest BCUT2D eigenvalue weighted by Crippen LogP contribution is 2.11. The number of nitrogens with zero attached hydrogens (tertiary/aromatic N) is 2. The number of amides is 1. The first-order chi connectivity index (χ1) is 8.13. The van der Waals surface area contributed by atoms with Crippen LogP contribution < -0.4 is 10.1 Å². The number of hydrogen-bond donors (Lipinski definition) is 1. The molecule has 1 heterocycles. The van der Waals surface area contributed by atoms with E-state index in [-0.39, 0.29) is 5.91 Å². The zero-order valence-corrected chi connectivity index (χ0v) is 10.6. The Morgan fingerprint density at radius 3 is 2.88 bits per heavy atom. The van der Waals surface area contributed by atoms with Crippen LogP contribution in [0.5, 0.6) is 5.88 Å². The highest BCUT2D eigenvalue weighted by Gasteiger charge is 2.03. The van der Waals surface area contributed by atoms with Crippen molar-refractivity contribution in [3.63, 3.8) is 0 Å². The van der Waals surface area contributed by atoms with Crippen LogP contribution in [0.25, 0.3) is 0 Å². The number of ether oxygens (including phenoxy) is 1. The standard InChI is InChI=1S/C12H19N3O2/c1-4-17-11-7-5-6-10(14-11)13-9-8-12(16)15(2)3/h5-7H,4,8-9H2,1-3H3,(H,13,14). The molecule has 0 bridgehead atoms. The summed E-state index contributed by atoms with van der Waals surface area (Å²) in [5.41, 5.74) is 0. The van der Waals surface area contributed by atoms with E-state index in [1.807, 2.05) is 19.1 Å². The predicted octanol–water partition coefficient (Wildman–Crippen LogP) is 1.37. The zero-order valence-electron chi connectivity index (χ0n) is 10.6. The van der Waals surface area contributed by atoms with Gasteiger partial charge in [0.05, 0.1) is 6.61 Å². The molecule has 0 spiro atoms. The second-order valence-corrected chi connectivity index (χ2v) is 3.76. The first kappa shape index (κ1) is 13.3. The van der Waals surface area contributed by atoms with Crippen LogP contribution in [0.1, 0.15) is 13.3 Å². The third kappa shape index (κ3) is 4.72. The Morgan fingerprint density at radius 2 is 2.24 bits per heavy atom. The van der Waals surface area contributed by atoms with Crippen molar-refractivity contribution in [3.05, 3.63) is 18.2 Å². The molecule has 0 aliphatic carbocycles. The normalized spacial score (nSPS) is 9.82. The van der Waals surface area contributed by atoms with Crippen LogP contribution in [0.3, 0.4) is 0 Å². The van der Waals surface area contributed by atoms with Crippen molar-refractivity contribution in [2.75, 3.05) is 32.6 Å². The molecule has 0 fully saturated rings. The summed E-state index contributed by atoms with van der Waals surface area (Å²) in [6, 6.07) is 5.52. The Hall–Kier alpha value is -1.78. The second kappa shape index (κ2) is 6.73. The van der Waals surface area contributed by atoms with Gasteiger partial charge in [-0.1, -0.05) is 6.07 Å². The summed E-state index contributed by atoms with van der Waals surface area (Å²) in [6.07, 6.45) is 0.452. The highest BCUT2D eigenvalue weighted by atomic mass is 16.5. The van der Waals surface area contributed by atoms with E-state index in [2.05, 4.69) is 10.3 Å². The van der Waals surface area contributed by atoms with E-state index in [1.54, 1.807) is 25.1 Å². The quantitative estimate of drug-likeness (QED) is 0.812. The Bertz CT molecular complexity index is 367. The van der Waals surface area contributed by atoms with Crippen molar-refractivity contribution in [2.45, 2.75) is 13.3 Å². The van der Waals surface area contributed by atoms with E-state index in [0.29, 0.717) is 25.5 Å². The zero-order chi connectivity index (χ0) is 12.7. The van der Waals surface area contributed by atoms with Crippen LogP contribution >= 0.6 is 0 Å². The van der Waals surface area contributed by atoms with Crippen LogP contribution in [-0.2, 0) is 4.79 Å². The fourth-order valence-electron chi connectivity index (χ4n) is 1.26. The van der Waals surface area contributed by atoms with Gasteiger partial charge in [0.1, 0.15) is 5.82 Å². The van der Waals surface area contributed by atoms with Gasteiger partial charge in [0.15, 0.2) is 0 Å². The van der Waals surface area contributed by atoms with E-state index >= 15 is 0 Å². The molecule has 94 valence electrons. The topological polar surface area (TPSA) is 54.5 Å². The van der Waals surface area contributed by atoms with Gasteiger partial charge in [-0.2, -0.15) is 4.98 Å². The molecule has 5 nitrogen and oxygen atoms in total. The molecule has 1 amide bonds. The molecular weight excluding hydrogens is 218 g/mol. The molecule has 1 aromatic heterocycles. The van der Waals surface area contributed by atoms with Crippen molar-refractivity contribution < 1.29 is 9.53 Å². The summed E-state index contributed by atoms with van der Waals surface area (Å²) in [5.74, 6) is 1.41. The summed E-state index contributed by atoms with van der Waals surface area (Å²) < 4.78 is 5.29. The molecule has 1 aromatic rings. The van der Waals surface area contributed by atoms with Gasteiger partial charge in [-0.25, -0.2) is 0 Å². The Labute approximate surface area is 102 Å². The van der Waals surface area contributed by atoms with Gasteiger partial charge in [-0.3, -0.25) is 4.79 Å². The predicted molar refractivity (Wildman–Crippen MR) is 67.2 cm³/mol. The highest BCUT2D eigenvalue weighted by molar-refractivity contribution is 5.76. The first-order valence-electron chi connectivity index (χ1n) is 5.67. The average Bonchev–Trinajstić information content (AvgIpc) is 2.29. The Balaban J connectivity index is 2.41. The molecule has 0 radical (unpaired) electrons. The van der Waals surface area contributed by atoms with Crippen LogP contribution in [0.4, 0.5) is 5.82 Å². The SMILES string of the molecule is CCOc1cccc(NCCC(=O)N(C)C)n1. The van der Waals surface area contributed by atoms with Crippen LogP contribution in [0.2, 0.25) is 0 Å². The van der Waals surface area contributed by atoms with Crippen LogP contribution in [-0.4, -0.2) is 43.0 Å². The lowest BCUT2D eigenvalue weighted by Gasteiger charge is -2.11. The van der Waals surface area contributed by atoms with Gasteiger partial charge in [-0.15, -0.1) is 0 Å². The molecule has 0 aliphatic rings. The van der Waals surface area contributed by atoms with Gasteiger partial charge in [0.25, 0.3) is 0 Å². The third-order valence-corrected chi connectivity index (χ3v) is 2.16. The Kier molecular flexibility index (Phi) is 5.26. The largest absolute Gasteiger partial charge is 0.478 e. The van der Waals surface area contributed by atoms with Crippen molar-refractivity contribution in [1.82, 2.24) is 9.88 Å². The van der Waals surface area contributed by atoms with Gasteiger partial charge in [-0.05, 0) is 13.0 Å². The van der Waals surface area contributed by atoms with Crippen molar-refractivity contribution in [2.24, 2.45) is 0 Å². The number of carbonyl (C=O) groups is 1. The number of aromatic nitrogens is 1. The molecule has 5 heteroatoms. The lowest BCUT2D eigenvalue weighted by molar-refractivity contribution is -0.128. The lowest BCUT2D eigenvalue weighted by Crippen LogP contribution is -2.24. The molecule has 17 heavy (non-hydrogen) atoms. The summed E-state index contributed by atoms with van der Waals surface area (Å²) in [5, 5.41) is 3.09. The average molecular weight is 237 g/mol. The maximum absolute atomic E-state index is 11.3. The number of pyridine rings is 1. The van der Waals surface area contributed by atoms with Gasteiger partial charge >= 0.3 is 0 Å². The van der Waals surface area contributed by atoms with Crippen LogP contribution in [0.15, 0.2) is 18.2 Å². The maximum atomic E-state index is 11.3. The summed E-state index contributed by atoms with van der Waals surface area (Å²) >= 11 is 0. The smallest absolute Gasteiger partial charge is 0.223 e. The molecule has 0 aliphatic heterocycles. The fourth-order valence-corrected chi connectivity index (χ4v) is 1.26. The number of anilines is 1. The van der Waals surface area contributed by atoms with E-state index in [4.69, 9.17) is 4.74 Å². The molecule has 0 aromatic carbocycles. The minimum Gasteiger partial charge on any atom is -0.478 e. The van der Waals surface area contributed by atoms with Crippen molar-refractivity contribution in [3.8, 4) is 5.88 Å². The molecule has 0 atom stereocenters. The third-order valence-electron chi connectivity index (χ3n) is 2.16. The molecule has 0 saturated heterocycles. The van der Waals surface area contributed by atoms with Crippen molar-refractivity contribution >= 4 is 11.7 Å². The van der Waals surface area contributed by atoms with Crippen LogP contribution in [0, 0.1) is 0 Å². The minimum absolute atomic E-state index is 0.0958. The number of hydrogen-bond acceptors (Lipinski definition) is 4. The summed E-state index contributed by atoms with van der Waals surface area (Å²) in [7, 11) is 3.49. The maximum Gasteiger partial charge on any atom is 0.223 e. The molecule has 0 saturated carbocycles. The van der Waals surface area contributed by atoms with Gasteiger partial charge in [0, 0.05) is 33.1 Å². The Morgan fingerprint density at radius 1 is 1.47 bits per heavy atom. The lowest BCUT2D eigenvalue weighted by atomic mass is 10.3. The van der Waals surface area contributed by atoms with E-state index in [0.717, 1.165) is 5.82 Å². The summed E-state index contributed by atoms with van der Waals surface area (Å²) in [4.78, 5) is 17.2. The van der Waals surface area contributed by atoms with E-state index < -0.39 is 0 Å². The van der Waals surface area contributed by atoms with Gasteiger partial charge in [0.2, 0.25) is 11.8 Å². The fraction of sp³-hybridized carbons (Fsp3) is 0.500. The number of nitrogens with one attached hydrogen (secondary N) is 1. The van der Waals surface area contributed by atoms with E-state index in [1.165, 1.54) is 0 Å². The van der Waals surface area contributed by atoms with Crippen molar-refractivity contribution in [1.29, 1.82) is 0 Å².